The fraction of sp³-hybridized carbons (Fsp3) is 0.320. The Bertz CT molecular complexity index is 1200. The van der Waals surface area contributed by atoms with E-state index in [1.807, 2.05) is 18.3 Å². The first-order valence-electron chi connectivity index (χ1n) is 11.0. The zero-order valence-electron chi connectivity index (χ0n) is 18.5. The van der Waals surface area contributed by atoms with E-state index in [-0.39, 0.29) is 0 Å². The fourth-order valence-corrected chi connectivity index (χ4v) is 5.00. The highest BCUT2D eigenvalue weighted by Crippen LogP contribution is 2.35. The normalized spacial score (nSPS) is 14.7. The van der Waals surface area contributed by atoms with E-state index in [0.717, 1.165) is 54.4 Å². The number of pyridine rings is 1. The zero-order chi connectivity index (χ0) is 21.9. The fourth-order valence-electron chi connectivity index (χ4n) is 3.97. The van der Waals surface area contributed by atoms with E-state index in [1.165, 1.54) is 21.6 Å². The number of nitrogens with zero attached hydrogens (tertiary/aromatic N) is 4. The lowest BCUT2D eigenvalue weighted by Crippen LogP contribution is -2.35. The van der Waals surface area contributed by atoms with Crippen LogP contribution in [0.1, 0.15) is 21.6 Å². The molecule has 4 heterocycles. The Balaban J connectivity index is 1.36. The van der Waals surface area contributed by atoms with E-state index in [2.05, 4.69) is 53.3 Å². The molecule has 1 aliphatic heterocycles. The highest BCUT2D eigenvalue weighted by Gasteiger charge is 2.16. The van der Waals surface area contributed by atoms with Crippen LogP contribution in [0.15, 0.2) is 48.8 Å². The van der Waals surface area contributed by atoms with E-state index in [4.69, 9.17) is 14.7 Å². The van der Waals surface area contributed by atoms with E-state index >= 15 is 0 Å². The number of aromatic nitrogens is 3. The maximum atomic E-state index is 5.44. The third-order valence-electron chi connectivity index (χ3n) is 5.94. The van der Waals surface area contributed by atoms with E-state index in [1.54, 1.807) is 17.5 Å². The lowest BCUT2D eigenvalue weighted by molar-refractivity contribution is 0.0342. The molecule has 0 radical (unpaired) electrons. The number of benzene rings is 1. The number of hydrogen-bond donors (Lipinski definition) is 1. The van der Waals surface area contributed by atoms with Gasteiger partial charge in [-0.3, -0.25) is 9.88 Å². The average Bonchev–Trinajstić information content (AvgIpc) is 3.13. The standard InChI is InChI=1S/C25H27N5OS/c1-17-18(2)32-25-22(17)24(28-23(29-25)21-4-3-9-26-15-21)27-14-19-5-7-20(8-6-19)16-30-10-12-31-13-11-30/h3-9,15H,10-14,16H2,1-2H3,(H,27,28,29). The van der Waals surface area contributed by atoms with E-state index < -0.39 is 0 Å². The highest BCUT2D eigenvalue weighted by atomic mass is 32.1. The molecule has 1 N–H and O–H groups in total. The minimum Gasteiger partial charge on any atom is -0.379 e. The van der Waals surface area contributed by atoms with Gasteiger partial charge in [0.15, 0.2) is 5.82 Å². The molecule has 3 aromatic heterocycles. The monoisotopic (exact) mass is 445 g/mol. The molecule has 0 bridgehead atoms. The Hall–Kier alpha value is -2.87. The predicted molar refractivity (Wildman–Crippen MR) is 130 cm³/mol. The maximum Gasteiger partial charge on any atom is 0.164 e. The summed E-state index contributed by atoms with van der Waals surface area (Å²) in [7, 11) is 0. The minimum absolute atomic E-state index is 0.704. The summed E-state index contributed by atoms with van der Waals surface area (Å²) in [5, 5.41) is 4.69. The third-order valence-corrected chi connectivity index (χ3v) is 7.04. The Morgan fingerprint density at radius 3 is 2.56 bits per heavy atom. The second-order valence-corrected chi connectivity index (χ2v) is 9.36. The summed E-state index contributed by atoms with van der Waals surface area (Å²) in [6.45, 7) is 9.65. The molecule has 1 aliphatic rings. The van der Waals surface area contributed by atoms with Crippen LogP contribution in [0.5, 0.6) is 0 Å². The first-order chi connectivity index (χ1) is 15.7. The topological polar surface area (TPSA) is 63.2 Å². The molecule has 0 spiro atoms. The number of anilines is 1. The van der Waals surface area contributed by atoms with Crippen molar-refractivity contribution in [2.75, 3.05) is 31.6 Å². The Labute approximate surface area is 192 Å². The lowest BCUT2D eigenvalue weighted by Gasteiger charge is -2.26. The van der Waals surface area contributed by atoms with Crippen molar-refractivity contribution in [1.29, 1.82) is 0 Å². The van der Waals surface area contributed by atoms with Crippen molar-refractivity contribution in [2.45, 2.75) is 26.9 Å². The van der Waals surface area contributed by atoms with Gasteiger partial charge in [-0.05, 0) is 42.7 Å². The van der Waals surface area contributed by atoms with Crippen molar-refractivity contribution in [1.82, 2.24) is 19.9 Å². The summed E-state index contributed by atoms with van der Waals surface area (Å²) < 4.78 is 5.44. The molecule has 1 saturated heterocycles. The Kier molecular flexibility index (Phi) is 6.12. The van der Waals surface area contributed by atoms with Crippen LogP contribution in [0.2, 0.25) is 0 Å². The van der Waals surface area contributed by atoms with Crippen molar-refractivity contribution >= 4 is 27.4 Å². The largest absolute Gasteiger partial charge is 0.379 e. The molecule has 6 nitrogen and oxygen atoms in total. The Morgan fingerprint density at radius 1 is 1.03 bits per heavy atom. The van der Waals surface area contributed by atoms with Crippen LogP contribution >= 0.6 is 11.3 Å². The summed E-state index contributed by atoms with van der Waals surface area (Å²) in [5.74, 6) is 1.59. The smallest absolute Gasteiger partial charge is 0.164 e. The summed E-state index contributed by atoms with van der Waals surface area (Å²) >= 11 is 1.72. The SMILES string of the molecule is Cc1sc2nc(-c3cccnc3)nc(NCc3ccc(CN4CCOCC4)cc3)c2c1C. The van der Waals surface area contributed by atoms with Gasteiger partial charge in [0.2, 0.25) is 0 Å². The van der Waals surface area contributed by atoms with Gasteiger partial charge in [-0.2, -0.15) is 0 Å². The molecule has 0 amide bonds. The van der Waals surface area contributed by atoms with E-state index in [0.29, 0.717) is 12.4 Å². The van der Waals surface area contributed by atoms with Gasteiger partial charge in [0.05, 0.1) is 18.6 Å². The third kappa shape index (κ3) is 4.50. The zero-order valence-corrected chi connectivity index (χ0v) is 19.3. The van der Waals surface area contributed by atoms with Gasteiger partial charge in [-0.1, -0.05) is 24.3 Å². The van der Waals surface area contributed by atoms with Gasteiger partial charge in [0.25, 0.3) is 0 Å². The van der Waals surface area contributed by atoms with Gasteiger partial charge in [-0.25, -0.2) is 9.97 Å². The van der Waals surface area contributed by atoms with Crippen molar-refractivity contribution in [3.8, 4) is 11.4 Å². The number of hydrogen-bond acceptors (Lipinski definition) is 7. The van der Waals surface area contributed by atoms with Gasteiger partial charge in [-0.15, -0.1) is 11.3 Å². The van der Waals surface area contributed by atoms with Gasteiger partial charge < -0.3 is 10.1 Å². The molecule has 0 saturated carbocycles. The summed E-state index contributed by atoms with van der Waals surface area (Å²) in [5.41, 5.74) is 4.73. The number of ether oxygens (including phenoxy) is 1. The number of morpholine rings is 1. The van der Waals surface area contributed by atoms with Crippen molar-refractivity contribution in [3.05, 3.63) is 70.4 Å². The molecule has 5 rings (SSSR count). The summed E-state index contributed by atoms with van der Waals surface area (Å²) in [6.07, 6.45) is 3.58. The van der Waals surface area contributed by atoms with Gasteiger partial charge in [0.1, 0.15) is 10.6 Å². The van der Waals surface area contributed by atoms with Crippen molar-refractivity contribution < 1.29 is 4.74 Å². The highest BCUT2D eigenvalue weighted by molar-refractivity contribution is 7.18. The molecule has 7 heteroatoms. The molecular weight excluding hydrogens is 418 g/mol. The number of nitrogens with one attached hydrogen (secondary N) is 1. The van der Waals surface area contributed by atoms with Crippen molar-refractivity contribution in [3.63, 3.8) is 0 Å². The average molecular weight is 446 g/mol. The molecule has 32 heavy (non-hydrogen) atoms. The van der Waals surface area contributed by atoms with Crippen LogP contribution in [0.3, 0.4) is 0 Å². The molecule has 1 aromatic carbocycles. The maximum absolute atomic E-state index is 5.44. The predicted octanol–water partition coefficient (Wildman–Crippen LogP) is 4.81. The van der Waals surface area contributed by atoms with Crippen LogP contribution in [0.25, 0.3) is 21.6 Å². The van der Waals surface area contributed by atoms with Crippen LogP contribution in [0, 0.1) is 13.8 Å². The number of thiophene rings is 1. The molecule has 0 atom stereocenters. The second-order valence-electron chi connectivity index (χ2n) is 8.16. The first-order valence-corrected chi connectivity index (χ1v) is 11.8. The molecule has 0 aliphatic carbocycles. The number of aryl methyl sites for hydroxylation is 2. The second kappa shape index (κ2) is 9.32. The van der Waals surface area contributed by atoms with Crippen LogP contribution < -0.4 is 5.32 Å². The first kappa shape index (κ1) is 21.0. The quantitative estimate of drug-likeness (QED) is 0.459. The molecule has 0 unspecified atom stereocenters. The van der Waals surface area contributed by atoms with Crippen LogP contribution in [-0.2, 0) is 17.8 Å². The number of fused-ring (bicyclic) bond motifs is 1. The number of rotatable bonds is 6. The lowest BCUT2D eigenvalue weighted by atomic mass is 10.1. The summed E-state index contributed by atoms with van der Waals surface area (Å²) in [4.78, 5) is 18.7. The van der Waals surface area contributed by atoms with Crippen molar-refractivity contribution in [2.24, 2.45) is 0 Å². The van der Waals surface area contributed by atoms with Crippen LogP contribution in [-0.4, -0.2) is 46.2 Å². The van der Waals surface area contributed by atoms with Crippen LogP contribution in [0.4, 0.5) is 5.82 Å². The van der Waals surface area contributed by atoms with Gasteiger partial charge >= 0.3 is 0 Å². The molecular formula is C25H27N5OS. The Morgan fingerprint density at radius 2 is 1.81 bits per heavy atom. The molecule has 4 aromatic rings. The summed E-state index contributed by atoms with van der Waals surface area (Å²) in [6, 6.07) is 12.8. The molecule has 1 fully saturated rings. The minimum atomic E-state index is 0.704. The van der Waals surface area contributed by atoms with E-state index in [9.17, 15) is 0 Å². The molecule has 164 valence electrons. The van der Waals surface area contributed by atoms with Gasteiger partial charge in [0, 0.05) is 49.0 Å².